The maximum atomic E-state index is 6.54. The third kappa shape index (κ3) is 6.13. The van der Waals surface area contributed by atoms with Crippen LogP contribution in [0.3, 0.4) is 0 Å². The van der Waals surface area contributed by atoms with Crippen LogP contribution in [0, 0.1) is 11.3 Å². The Labute approximate surface area is 127 Å². The molecule has 122 valence electrons. The Hall–Kier alpha value is -0.0800. The molecule has 0 aliphatic heterocycles. The number of unbranched alkanes of at least 4 members (excludes halogenated alkanes) is 6. The number of rotatable bonds is 9. The summed E-state index contributed by atoms with van der Waals surface area (Å²) in [6.07, 6.45) is 16.6. The minimum atomic E-state index is 0. The summed E-state index contributed by atoms with van der Waals surface area (Å²) in [5.41, 5.74) is 6.95. The van der Waals surface area contributed by atoms with Gasteiger partial charge in [0.25, 0.3) is 0 Å². The fraction of sp³-hybridized carbons (Fsp3) is 1.00. The van der Waals surface area contributed by atoms with Crippen molar-refractivity contribution in [1.82, 2.24) is 0 Å². The maximum Gasteiger partial charge on any atom is 0.00954 e. The second kappa shape index (κ2) is 10.6. The molecule has 0 bridgehead atoms. The van der Waals surface area contributed by atoms with Crippen LogP contribution in [-0.4, -0.2) is 11.5 Å². The summed E-state index contributed by atoms with van der Waals surface area (Å²) >= 11 is 0. The molecule has 4 N–H and O–H groups in total. The van der Waals surface area contributed by atoms with Crippen molar-refractivity contribution in [2.24, 2.45) is 17.1 Å². The lowest BCUT2D eigenvalue weighted by Gasteiger charge is -2.44. The van der Waals surface area contributed by atoms with Gasteiger partial charge in [-0.15, -0.1) is 0 Å². The van der Waals surface area contributed by atoms with E-state index in [4.69, 9.17) is 5.73 Å². The van der Waals surface area contributed by atoms with E-state index in [-0.39, 0.29) is 5.48 Å². The lowest BCUT2D eigenvalue weighted by Crippen LogP contribution is -2.45. The van der Waals surface area contributed by atoms with Gasteiger partial charge in [-0.1, -0.05) is 85.0 Å². The Bertz CT molecular complexity index is 231. The highest BCUT2D eigenvalue weighted by Gasteiger charge is 2.38. The van der Waals surface area contributed by atoms with E-state index < -0.39 is 0 Å². The maximum absolute atomic E-state index is 6.54. The molecule has 0 heterocycles. The molecule has 0 amide bonds. The van der Waals surface area contributed by atoms with E-state index in [1.807, 2.05) is 0 Å². The molecule has 0 aromatic heterocycles. The Morgan fingerprint density at radius 3 is 2.25 bits per heavy atom. The summed E-state index contributed by atoms with van der Waals surface area (Å²) in [6.45, 7) is 7.15. The molecular weight excluding hydrogens is 246 g/mol. The summed E-state index contributed by atoms with van der Waals surface area (Å²) in [6, 6.07) is 0.429. The molecular formula is C18H39NO. The first-order valence-corrected chi connectivity index (χ1v) is 8.87. The highest BCUT2D eigenvalue weighted by molar-refractivity contribution is 4.91. The summed E-state index contributed by atoms with van der Waals surface area (Å²) in [7, 11) is 0. The van der Waals surface area contributed by atoms with Crippen LogP contribution in [0.15, 0.2) is 0 Å². The van der Waals surface area contributed by atoms with Crippen LogP contribution in [0.5, 0.6) is 0 Å². The van der Waals surface area contributed by atoms with Gasteiger partial charge in [-0.05, 0) is 24.2 Å². The Morgan fingerprint density at radius 2 is 1.65 bits per heavy atom. The van der Waals surface area contributed by atoms with Crippen molar-refractivity contribution >= 4 is 0 Å². The average Bonchev–Trinajstić information content (AvgIpc) is 2.41. The first-order chi connectivity index (χ1) is 9.11. The van der Waals surface area contributed by atoms with Crippen molar-refractivity contribution in [3.05, 3.63) is 0 Å². The number of hydrogen-bond acceptors (Lipinski definition) is 1. The topological polar surface area (TPSA) is 57.5 Å². The highest BCUT2D eigenvalue weighted by atomic mass is 16.0. The normalized spacial score (nSPS) is 27.9. The molecule has 0 aromatic rings. The Balaban J connectivity index is 0.00000361. The van der Waals surface area contributed by atoms with E-state index in [0.29, 0.717) is 11.5 Å². The minimum Gasteiger partial charge on any atom is -0.412 e. The molecule has 0 saturated heterocycles. The standard InChI is InChI=1S/C18H37N.H2O/c1-4-5-6-7-8-9-10-14-17(19)18(3)15-12-11-13-16(18)2;/h16-17H,4-15,19H2,1-3H3;1H2. The van der Waals surface area contributed by atoms with Crippen LogP contribution in [0.25, 0.3) is 0 Å². The average molecular weight is 286 g/mol. The van der Waals surface area contributed by atoms with Gasteiger partial charge in [0.15, 0.2) is 0 Å². The van der Waals surface area contributed by atoms with Gasteiger partial charge in [0.05, 0.1) is 0 Å². The lowest BCUT2D eigenvalue weighted by atomic mass is 9.63. The lowest BCUT2D eigenvalue weighted by molar-refractivity contribution is 0.0896. The van der Waals surface area contributed by atoms with Crippen molar-refractivity contribution in [2.45, 2.75) is 104 Å². The number of nitrogens with two attached hydrogens (primary N) is 1. The Kier molecular flexibility index (Phi) is 10.6. The highest BCUT2D eigenvalue weighted by Crippen LogP contribution is 2.43. The second-order valence-corrected chi connectivity index (χ2v) is 7.17. The van der Waals surface area contributed by atoms with Gasteiger partial charge in [-0.2, -0.15) is 0 Å². The second-order valence-electron chi connectivity index (χ2n) is 7.17. The van der Waals surface area contributed by atoms with E-state index in [1.54, 1.807) is 0 Å². The zero-order valence-corrected chi connectivity index (χ0v) is 14.2. The molecule has 1 fully saturated rings. The Morgan fingerprint density at radius 1 is 1.05 bits per heavy atom. The monoisotopic (exact) mass is 285 g/mol. The molecule has 3 unspecified atom stereocenters. The fourth-order valence-corrected chi connectivity index (χ4v) is 3.73. The summed E-state index contributed by atoms with van der Waals surface area (Å²) in [5, 5.41) is 0. The van der Waals surface area contributed by atoms with Gasteiger partial charge in [0.2, 0.25) is 0 Å². The summed E-state index contributed by atoms with van der Waals surface area (Å²) in [4.78, 5) is 0. The first-order valence-electron chi connectivity index (χ1n) is 8.87. The van der Waals surface area contributed by atoms with Crippen molar-refractivity contribution in [3.8, 4) is 0 Å². The van der Waals surface area contributed by atoms with Crippen LogP contribution in [0.1, 0.15) is 97.8 Å². The van der Waals surface area contributed by atoms with Crippen LogP contribution in [0.2, 0.25) is 0 Å². The molecule has 0 radical (unpaired) electrons. The van der Waals surface area contributed by atoms with E-state index in [1.165, 1.54) is 77.0 Å². The largest absolute Gasteiger partial charge is 0.412 e. The van der Waals surface area contributed by atoms with Crippen molar-refractivity contribution in [1.29, 1.82) is 0 Å². The molecule has 3 atom stereocenters. The molecule has 1 rings (SSSR count). The molecule has 1 aliphatic rings. The van der Waals surface area contributed by atoms with Crippen LogP contribution >= 0.6 is 0 Å². The number of hydrogen-bond donors (Lipinski definition) is 1. The molecule has 0 aromatic carbocycles. The molecule has 1 aliphatic carbocycles. The van der Waals surface area contributed by atoms with Gasteiger partial charge in [-0.25, -0.2) is 0 Å². The zero-order valence-electron chi connectivity index (χ0n) is 14.2. The van der Waals surface area contributed by atoms with Crippen molar-refractivity contribution < 1.29 is 5.48 Å². The molecule has 2 heteroatoms. The van der Waals surface area contributed by atoms with Crippen molar-refractivity contribution in [3.63, 3.8) is 0 Å². The van der Waals surface area contributed by atoms with E-state index >= 15 is 0 Å². The zero-order chi connectivity index (χ0) is 14.1. The SMILES string of the molecule is CCCCCCCCCC(N)C1(C)CCCCC1C.O. The van der Waals surface area contributed by atoms with E-state index in [2.05, 4.69) is 20.8 Å². The molecule has 0 spiro atoms. The van der Waals surface area contributed by atoms with Crippen molar-refractivity contribution in [2.75, 3.05) is 0 Å². The van der Waals surface area contributed by atoms with Crippen LogP contribution in [0.4, 0.5) is 0 Å². The quantitative estimate of drug-likeness (QED) is 0.605. The summed E-state index contributed by atoms with van der Waals surface area (Å²) in [5.74, 6) is 0.820. The van der Waals surface area contributed by atoms with Gasteiger partial charge < -0.3 is 11.2 Å². The first kappa shape index (κ1) is 19.9. The predicted molar refractivity (Wildman–Crippen MR) is 89.9 cm³/mol. The molecule has 20 heavy (non-hydrogen) atoms. The predicted octanol–water partition coefficient (Wildman–Crippen LogP) is 4.85. The van der Waals surface area contributed by atoms with Gasteiger partial charge in [-0.3, -0.25) is 0 Å². The van der Waals surface area contributed by atoms with Gasteiger partial charge in [0, 0.05) is 6.04 Å². The van der Waals surface area contributed by atoms with Crippen LogP contribution in [-0.2, 0) is 0 Å². The van der Waals surface area contributed by atoms with Gasteiger partial charge in [0.1, 0.15) is 0 Å². The smallest absolute Gasteiger partial charge is 0.00954 e. The third-order valence-electron chi connectivity index (χ3n) is 5.69. The molecule has 2 nitrogen and oxygen atoms in total. The van der Waals surface area contributed by atoms with E-state index in [9.17, 15) is 0 Å². The molecule has 1 saturated carbocycles. The third-order valence-corrected chi connectivity index (χ3v) is 5.69. The van der Waals surface area contributed by atoms with Gasteiger partial charge >= 0.3 is 0 Å². The summed E-state index contributed by atoms with van der Waals surface area (Å²) < 4.78 is 0. The fourth-order valence-electron chi connectivity index (χ4n) is 3.73. The van der Waals surface area contributed by atoms with Crippen LogP contribution < -0.4 is 5.73 Å². The minimum absolute atomic E-state index is 0. The van der Waals surface area contributed by atoms with E-state index in [0.717, 1.165) is 5.92 Å².